The number of hydrogen-bond donors (Lipinski definition) is 1. The molecule has 2 aliphatic rings. The summed E-state index contributed by atoms with van der Waals surface area (Å²) in [7, 11) is 0. The molecule has 0 aliphatic heterocycles. The number of nitrogens with one attached hydrogen (secondary N) is 1. The molecule has 1 aromatic heterocycles. The van der Waals surface area contributed by atoms with Crippen molar-refractivity contribution >= 4 is 5.91 Å². The van der Waals surface area contributed by atoms with Gasteiger partial charge in [-0.1, -0.05) is 17.3 Å². The molecule has 0 saturated heterocycles. The predicted octanol–water partition coefficient (Wildman–Crippen LogP) is 2.09. The van der Waals surface area contributed by atoms with Crippen molar-refractivity contribution in [1.82, 2.24) is 15.5 Å². The average molecular weight is 247 g/mol. The number of aromatic nitrogens is 2. The Morgan fingerprint density at radius 3 is 2.83 bits per heavy atom. The summed E-state index contributed by atoms with van der Waals surface area (Å²) in [5.41, 5.74) is 0. The summed E-state index contributed by atoms with van der Waals surface area (Å²) in [6.07, 6.45) is 8.05. The molecule has 1 heterocycles. The van der Waals surface area contributed by atoms with E-state index in [0.717, 1.165) is 31.5 Å². The second-order valence-corrected chi connectivity index (χ2v) is 5.14. The van der Waals surface area contributed by atoms with Crippen LogP contribution in [0.1, 0.15) is 56.3 Å². The standard InChI is InChI=1S/C13H17N3O2/c1-8(14-12(17)10-4-2-3-5-10)13-15-11(16-18-13)9-6-7-9/h2-3,8-10H,4-7H2,1H3,(H,14,17)/t8-/m1/s1. The normalized spacial score (nSPS) is 21.2. The van der Waals surface area contributed by atoms with Crippen LogP contribution in [0.5, 0.6) is 0 Å². The Morgan fingerprint density at radius 2 is 2.17 bits per heavy atom. The van der Waals surface area contributed by atoms with E-state index >= 15 is 0 Å². The summed E-state index contributed by atoms with van der Waals surface area (Å²) in [6.45, 7) is 1.88. The van der Waals surface area contributed by atoms with E-state index in [-0.39, 0.29) is 17.9 Å². The number of amides is 1. The lowest BCUT2D eigenvalue weighted by atomic mass is 10.1. The summed E-state index contributed by atoms with van der Waals surface area (Å²) >= 11 is 0. The summed E-state index contributed by atoms with van der Waals surface area (Å²) in [6, 6.07) is -0.210. The quantitative estimate of drug-likeness (QED) is 0.827. The van der Waals surface area contributed by atoms with E-state index in [4.69, 9.17) is 4.52 Å². The maximum Gasteiger partial charge on any atom is 0.248 e. The minimum atomic E-state index is -0.210. The van der Waals surface area contributed by atoms with Gasteiger partial charge in [0.1, 0.15) is 6.04 Å². The highest BCUT2D eigenvalue weighted by molar-refractivity contribution is 5.79. The van der Waals surface area contributed by atoms with E-state index in [1.165, 1.54) is 0 Å². The van der Waals surface area contributed by atoms with E-state index < -0.39 is 0 Å². The fourth-order valence-electron chi connectivity index (χ4n) is 2.15. The van der Waals surface area contributed by atoms with Crippen LogP contribution in [0.25, 0.3) is 0 Å². The first-order valence-corrected chi connectivity index (χ1v) is 6.53. The molecule has 1 aromatic rings. The van der Waals surface area contributed by atoms with Crippen LogP contribution in [-0.4, -0.2) is 16.0 Å². The first-order chi connectivity index (χ1) is 8.74. The fourth-order valence-corrected chi connectivity index (χ4v) is 2.15. The molecule has 18 heavy (non-hydrogen) atoms. The molecule has 2 aliphatic carbocycles. The van der Waals surface area contributed by atoms with E-state index in [2.05, 4.69) is 15.5 Å². The van der Waals surface area contributed by atoms with Crippen LogP contribution in [0.4, 0.5) is 0 Å². The molecule has 0 radical (unpaired) electrons. The molecular formula is C13H17N3O2. The first-order valence-electron chi connectivity index (χ1n) is 6.53. The van der Waals surface area contributed by atoms with Crippen molar-refractivity contribution in [3.05, 3.63) is 23.9 Å². The highest BCUT2D eigenvalue weighted by atomic mass is 16.5. The van der Waals surface area contributed by atoms with E-state index in [9.17, 15) is 4.79 Å². The van der Waals surface area contributed by atoms with Crippen molar-refractivity contribution in [3.63, 3.8) is 0 Å². The van der Waals surface area contributed by atoms with Gasteiger partial charge in [-0.2, -0.15) is 4.98 Å². The van der Waals surface area contributed by atoms with Gasteiger partial charge in [0.25, 0.3) is 0 Å². The van der Waals surface area contributed by atoms with Gasteiger partial charge in [-0.3, -0.25) is 4.79 Å². The third kappa shape index (κ3) is 2.30. The van der Waals surface area contributed by atoms with Crippen molar-refractivity contribution in [3.8, 4) is 0 Å². The number of carbonyl (C=O) groups is 1. The van der Waals surface area contributed by atoms with Gasteiger partial charge in [-0.15, -0.1) is 0 Å². The Balaban J connectivity index is 1.59. The molecule has 1 saturated carbocycles. The van der Waals surface area contributed by atoms with Crippen LogP contribution in [0, 0.1) is 5.92 Å². The van der Waals surface area contributed by atoms with Crippen LogP contribution in [0.2, 0.25) is 0 Å². The molecule has 1 N–H and O–H groups in total. The molecule has 5 nitrogen and oxygen atoms in total. The van der Waals surface area contributed by atoms with Crippen molar-refractivity contribution in [1.29, 1.82) is 0 Å². The Kier molecular flexibility index (Phi) is 2.89. The topological polar surface area (TPSA) is 68.0 Å². The predicted molar refractivity (Wildman–Crippen MR) is 64.7 cm³/mol. The fraction of sp³-hybridized carbons (Fsp3) is 0.615. The smallest absolute Gasteiger partial charge is 0.248 e. The second-order valence-electron chi connectivity index (χ2n) is 5.14. The molecule has 0 aromatic carbocycles. The Morgan fingerprint density at radius 1 is 1.44 bits per heavy atom. The van der Waals surface area contributed by atoms with Crippen LogP contribution in [0.3, 0.4) is 0 Å². The highest BCUT2D eigenvalue weighted by Crippen LogP contribution is 2.38. The summed E-state index contributed by atoms with van der Waals surface area (Å²) in [5, 5.41) is 6.89. The van der Waals surface area contributed by atoms with Gasteiger partial charge < -0.3 is 9.84 Å². The third-order valence-electron chi connectivity index (χ3n) is 3.51. The molecule has 0 spiro atoms. The molecule has 3 rings (SSSR count). The van der Waals surface area contributed by atoms with Gasteiger partial charge in [-0.05, 0) is 32.6 Å². The number of allylic oxidation sites excluding steroid dienone is 2. The minimum Gasteiger partial charge on any atom is -0.344 e. The molecule has 1 atom stereocenters. The second kappa shape index (κ2) is 4.55. The molecule has 1 fully saturated rings. The summed E-state index contributed by atoms with van der Waals surface area (Å²) < 4.78 is 5.20. The lowest BCUT2D eigenvalue weighted by Crippen LogP contribution is -2.31. The zero-order valence-electron chi connectivity index (χ0n) is 10.4. The average Bonchev–Trinajstić information content (AvgIpc) is 2.91. The maximum atomic E-state index is 11.9. The van der Waals surface area contributed by atoms with Gasteiger partial charge in [0.2, 0.25) is 11.8 Å². The van der Waals surface area contributed by atoms with Crippen LogP contribution in [-0.2, 0) is 4.79 Å². The number of carbonyl (C=O) groups excluding carboxylic acids is 1. The van der Waals surface area contributed by atoms with E-state index in [1.807, 2.05) is 19.1 Å². The third-order valence-corrected chi connectivity index (χ3v) is 3.51. The molecule has 0 unspecified atom stereocenters. The Hall–Kier alpha value is -1.65. The number of rotatable bonds is 4. The van der Waals surface area contributed by atoms with Gasteiger partial charge >= 0.3 is 0 Å². The minimum absolute atomic E-state index is 0.0678. The Labute approximate surface area is 106 Å². The highest BCUT2D eigenvalue weighted by Gasteiger charge is 2.30. The van der Waals surface area contributed by atoms with Gasteiger partial charge in [0, 0.05) is 11.8 Å². The number of hydrogen-bond acceptors (Lipinski definition) is 4. The maximum absolute atomic E-state index is 11.9. The van der Waals surface area contributed by atoms with Crippen molar-refractivity contribution in [2.75, 3.05) is 0 Å². The SMILES string of the molecule is C[C@@H](NC(=O)C1CC=CC1)c1nc(C2CC2)no1. The largest absolute Gasteiger partial charge is 0.344 e. The van der Waals surface area contributed by atoms with E-state index in [0.29, 0.717) is 11.8 Å². The zero-order chi connectivity index (χ0) is 12.5. The summed E-state index contributed by atoms with van der Waals surface area (Å²) in [4.78, 5) is 16.3. The lowest BCUT2D eigenvalue weighted by molar-refractivity contribution is -0.125. The van der Waals surface area contributed by atoms with Crippen LogP contribution in [0.15, 0.2) is 16.7 Å². The molecular weight excluding hydrogens is 230 g/mol. The van der Waals surface area contributed by atoms with Crippen LogP contribution >= 0.6 is 0 Å². The monoisotopic (exact) mass is 247 g/mol. The number of nitrogens with zero attached hydrogens (tertiary/aromatic N) is 2. The van der Waals surface area contributed by atoms with Gasteiger partial charge in [-0.25, -0.2) is 0 Å². The molecule has 5 heteroatoms. The molecule has 1 amide bonds. The molecule has 0 bridgehead atoms. The van der Waals surface area contributed by atoms with Gasteiger partial charge in [0.05, 0.1) is 0 Å². The zero-order valence-corrected chi connectivity index (χ0v) is 10.4. The van der Waals surface area contributed by atoms with Crippen molar-refractivity contribution in [2.45, 2.75) is 44.6 Å². The van der Waals surface area contributed by atoms with Gasteiger partial charge in [0.15, 0.2) is 5.82 Å². The Bertz CT molecular complexity index is 468. The van der Waals surface area contributed by atoms with Crippen molar-refractivity contribution in [2.24, 2.45) is 5.92 Å². The van der Waals surface area contributed by atoms with Crippen LogP contribution < -0.4 is 5.32 Å². The first kappa shape index (κ1) is 11.4. The van der Waals surface area contributed by atoms with Crippen molar-refractivity contribution < 1.29 is 9.32 Å². The van der Waals surface area contributed by atoms with E-state index in [1.54, 1.807) is 0 Å². The lowest BCUT2D eigenvalue weighted by Gasteiger charge is -2.13. The molecule has 96 valence electrons. The summed E-state index contributed by atoms with van der Waals surface area (Å²) in [5.74, 6) is 1.91.